The van der Waals surface area contributed by atoms with E-state index in [2.05, 4.69) is 17.1 Å². The molecule has 0 unspecified atom stereocenters. The molecule has 0 amide bonds. The Morgan fingerprint density at radius 2 is 2.11 bits per heavy atom. The second-order valence-electron chi connectivity index (χ2n) is 5.33. The van der Waals surface area contributed by atoms with Crippen molar-refractivity contribution in [3.63, 3.8) is 0 Å². The van der Waals surface area contributed by atoms with E-state index in [1.165, 1.54) is 12.8 Å². The highest BCUT2D eigenvalue weighted by atomic mass is 16.5. The average molecular weight is 257 g/mol. The predicted octanol–water partition coefficient (Wildman–Crippen LogP) is 3.54. The predicted molar refractivity (Wildman–Crippen MR) is 74.6 cm³/mol. The van der Waals surface area contributed by atoms with E-state index in [-0.39, 0.29) is 5.41 Å². The Hall–Kier alpha value is -1.84. The molecule has 4 nitrogen and oxygen atoms in total. The van der Waals surface area contributed by atoms with Gasteiger partial charge < -0.3 is 10.3 Å². The third-order valence-corrected chi connectivity index (χ3v) is 4.36. The van der Waals surface area contributed by atoms with Crippen LogP contribution in [-0.2, 0) is 5.41 Å². The van der Waals surface area contributed by atoms with Crippen molar-refractivity contribution in [1.29, 1.82) is 0 Å². The number of nitrogen functional groups attached to an aromatic ring is 1. The number of pyridine rings is 1. The van der Waals surface area contributed by atoms with Crippen LogP contribution in [-0.4, -0.2) is 10.1 Å². The standard InChI is InChI=1S/C15H19N3O/c1-2-15(8-4-5-9-15)13-12(14(16)18-19-13)11-7-3-6-10-17-11/h3,6-7,10H,2,4-5,8-9H2,1H3,(H2,16,18). The fourth-order valence-electron chi connectivity index (χ4n) is 3.22. The topological polar surface area (TPSA) is 64.9 Å². The molecule has 2 heterocycles. The Balaban J connectivity index is 2.13. The summed E-state index contributed by atoms with van der Waals surface area (Å²) in [5.74, 6) is 1.39. The molecule has 1 aliphatic rings. The summed E-state index contributed by atoms with van der Waals surface area (Å²) >= 11 is 0. The Kier molecular flexibility index (Phi) is 3.01. The molecular formula is C15H19N3O. The number of hydrogen-bond donors (Lipinski definition) is 1. The van der Waals surface area contributed by atoms with Gasteiger partial charge in [0.05, 0.1) is 11.3 Å². The second kappa shape index (κ2) is 4.68. The van der Waals surface area contributed by atoms with Gasteiger partial charge in [-0.2, -0.15) is 0 Å². The highest BCUT2D eigenvalue weighted by Gasteiger charge is 2.40. The van der Waals surface area contributed by atoms with Crippen molar-refractivity contribution in [2.75, 3.05) is 5.73 Å². The average Bonchev–Trinajstić information content (AvgIpc) is 3.07. The zero-order valence-corrected chi connectivity index (χ0v) is 11.2. The van der Waals surface area contributed by atoms with E-state index in [0.717, 1.165) is 36.3 Å². The lowest BCUT2D eigenvalue weighted by atomic mass is 9.78. The minimum absolute atomic E-state index is 0.0947. The number of nitrogens with two attached hydrogens (primary N) is 1. The number of hydrogen-bond acceptors (Lipinski definition) is 4. The molecule has 0 radical (unpaired) electrons. The highest BCUT2D eigenvalue weighted by molar-refractivity contribution is 5.73. The maximum Gasteiger partial charge on any atom is 0.176 e. The van der Waals surface area contributed by atoms with Gasteiger partial charge in [0.25, 0.3) is 0 Å². The summed E-state index contributed by atoms with van der Waals surface area (Å²) in [6, 6.07) is 5.83. The van der Waals surface area contributed by atoms with Gasteiger partial charge in [0.2, 0.25) is 0 Å². The fraction of sp³-hybridized carbons (Fsp3) is 0.467. The number of anilines is 1. The molecule has 0 aliphatic heterocycles. The quantitative estimate of drug-likeness (QED) is 0.913. The smallest absolute Gasteiger partial charge is 0.176 e. The van der Waals surface area contributed by atoms with E-state index < -0.39 is 0 Å². The first-order valence-electron chi connectivity index (χ1n) is 6.94. The molecule has 2 aromatic rings. The van der Waals surface area contributed by atoms with Gasteiger partial charge in [0.15, 0.2) is 11.6 Å². The van der Waals surface area contributed by atoms with Crippen LogP contribution >= 0.6 is 0 Å². The van der Waals surface area contributed by atoms with E-state index in [9.17, 15) is 0 Å². The number of nitrogens with zero attached hydrogens (tertiary/aromatic N) is 2. The Bertz CT molecular complexity index is 556. The largest absolute Gasteiger partial charge is 0.380 e. The monoisotopic (exact) mass is 257 g/mol. The van der Waals surface area contributed by atoms with Crippen molar-refractivity contribution in [1.82, 2.24) is 10.1 Å². The van der Waals surface area contributed by atoms with Crippen LogP contribution in [0, 0.1) is 0 Å². The number of rotatable bonds is 3. The second-order valence-corrected chi connectivity index (χ2v) is 5.33. The van der Waals surface area contributed by atoms with E-state index in [0.29, 0.717) is 5.82 Å². The summed E-state index contributed by atoms with van der Waals surface area (Å²) in [5.41, 5.74) is 7.85. The van der Waals surface area contributed by atoms with Crippen molar-refractivity contribution in [3.8, 4) is 11.3 Å². The molecule has 0 atom stereocenters. The molecule has 2 aromatic heterocycles. The van der Waals surface area contributed by atoms with Gasteiger partial charge in [-0.1, -0.05) is 31.0 Å². The van der Waals surface area contributed by atoms with Gasteiger partial charge in [0.1, 0.15) is 0 Å². The highest BCUT2D eigenvalue weighted by Crippen LogP contribution is 2.48. The molecular weight excluding hydrogens is 238 g/mol. The van der Waals surface area contributed by atoms with Crippen LogP contribution < -0.4 is 5.73 Å². The summed E-state index contributed by atoms with van der Waals surface area (Å²) in [4.78, 5) is 4.40. The van der Waals surface area contributed by atoms with Gasteiger partial charge in [-0.15, -0.1) is 0 Å². The lowest BCUT2D eigenvalue weighted by Gasteiger charge is -2.25. The molecule has 2 N–H and O–H groups in total. The lowest BCUT2D eigenvalue weighted by molar-refractivity contribution is 0.284. The Morgan fingerprint density at radius 1 is 1.32 bits per heavy atom. The minimum atomic E-state index is 0.0947. The van der Waals surface area contributed by atoms with Crippen molar-refractivity contribution < 1.29 is 4.52 Å². The fourth-order valence-corrected chi connectivity index (χ4v) is 3.22. The Labute approximate surface area is 113 Å². The molecule has 1 aliphatic carbocycles. The molecule has 100 valence electrons. The van der Waals surface area contributed by atoms with Crippen molar-refractivity contribution in [2.45, 2.75) is 44.4 Å². The molecule has 3 rings (SSSR count). The molecule has 4 heteroatoms. The lowest BCUT2D eigenvalue weighted by Crippen LogP contribution is -2.21. The van der Waals surface area contributed by atoms with E-state index >= 15 is 0 Å². The van der Waals surface area contributed by atoms with Gasteiger partial charge in [0, 0.05) is 11.6 Å². The zero-order chi connectivity index (χ0) is 13.3. The van der Waals surface area contributed by atoms with Gasteiger partial charge in [-0.05, 0) is 31.4 Å². The van der Waals surface area contributed by atoms with E-state index in [1.807, 2.05) is 18.2 Å². The molecule has 0 spiro atoms. The third kappa shape index (κ3) is 1.91. The number of aromatic nitrogens is 2. The molecule has 19 heavy (non-hydrogen) atoms. The van der Waals surface area contributed by atoms with Crippen molar-refractivity contribution in [2.24, 2.45) is 0 Å². The van der Waals surface area contributed by atoms with Crippen LogP contribution in [0.25, 0.3) is 11.3 Å². The molecule has 0 aromatic carbocycles. The van der Waals surface area contributed by atoms with Crippen LogP contribution in [0.1, 0.15) is 44.8 Å². The first-order valence-corrected chi connectivity index (χ1v) is 6.94. The van der Waals surface area contributed by atoms with E-state index in [1.54, 1.807) is 6.20 Å². The normalized spacial score (nSPS) is 17.7. The van der Waals surface area contributed by atoms with Crippen LogP contribution in [0.2, 0.25) is 0 Å². The maximum absolute atomic E-state index is 6.01. The van der Waals surface area contributed by atoms with E-state index in [4.69, 9.17) is 10.3 Å². The van der Waals surface area contributed by atoms with Crippen molar-refractivity contribution in [3.05, 3.63) is 30.2 Å². The first-order chi connectivity index (χ1) is 9.27. The maximum atomic E-state index is 6.01. The first kappa shape index (κ1) is 12.2. The SMILES string of the molecule is CCC1(c2onc(N)c2-c2ccccn2)CCCC1. The van der Waals surface area contributed by atoms with Gasteiger partial charge in [-0.25, -0.2) is 0 Å². The Morgan fingerprint density at radius 3 is 2.74 bits per heavy atom. The summed E-state index contributed by atoms with van der Waals surface area (Å²) in [6.45, 7) is 2.21. The summed E-state index contributed by atoms with van der Waals surface area (Å²) in [7, 11) is 0. The summed E-state index contributed by atoms with van der Waals surface area (Å²) in [5, 5.41) is 3.99. The zero-order valence-electron chi connectivity index (χ0n) is 11.2. The molecule has 1 fully saturated rings. The molecule has 0 bridgehead atoms. The van der Waals surface area contributed by atoms with Crippen molar-refractivity contribution >= 4 is 5.82 Å². The van der Waals surface area contributed by atoms with Crippen LogP contribution in [0.3, 0.4) is 0 Å². The minimum Gasteiger partial charge on any atom is -0.380 e. The molecule has 0 saturated heterocycles. The van der Waals surface area contributed by atoms with Gasteiger partial charge >= 0.3 is 0 Å². The summed E-state index contributed by atoms with van der Waals surface area (Å²) in [6.07, 6.45) is 7.63. The summed E-state index contributed by atoms with van der Waals surface area (Å²) < 4.78 is 5.61. The molecule has 1 saturated carbocycles. The third-order valence-electron chi connectivity index (χ3n) is 4.36. The van der Waals surface area contributed by atoms with Crippen LogP contribution in [0.15, 0.2) is 28.9 Å². The van der Waals surface area contributed by atoms with Crippen LogP contribution in [0.5, 0.6) is 0 Å². The van der Waals surface area contributed by atoms with Gasteiger partial charge in [-0.3, -0.25) is 4.98 Å². The van der Waals surface area contributed by atoms with Crippen LogP contribution in [0.4, 0.5) is 5.82 Å².